The van der Waals surface area contributed by atoms with Crippen LogP contribution in [0.4, 0.5) is 0 Å². The van der Waals surface area contributed by atoms with Gasteiger partial charge in [0.05, 0.1) is 6.42 Å². The van der Waals surface area contributed by atoms with Crippen LogP contribution >= 0.6 is 15.9 Å². The lowest BCUT2D eigenvalue weighted by Crippen LogP contribution is -2.26. The standard InChI is InChI=1S/C16H17BrN2O/c17-15-7-5-13(6-8-15)11-16(20)19-10-2-4-14-3-1-9-18-12-14/h1,3,5-9,12H,2,4,10-11H2,(H,19,20). The van der Waals surface area contributed by atoms with Crippen LogP contribution in [0.3, 0.4) is 0 Å². The van der Waals surface area contributed by atoms with Crippen LogP contribution < -0.4 is 5.32 Å². The third-order valence-electron chi connectivity index (χ3n) is 2.97. The molecule has 2 rings (SSSR count). The van der Waals surface area contributed by atoms with Crippen molar-refractivity contribution in [2.75, 3.05) is 6.54 Å². The number of carbonyl (C=O) groups excluding carboxylic acids is 1. The summed E-state index contributed by atoms with van der Waals surface area (Å²) in [6, 6.07) is 11.8. The number of hydrogen-bond acceptors (Lipinski definition) is 2. The summed E-state index contributed by atoms with van der Waals surface area (Å²) in [5.74, 6) is 0.0681. The largest absolute Gasteiger partial charge is 0.356 e. The summed E-state index contributed by atoms with van der Waals surface area (Å²) < 4.78 is 1.03. The first-order valence-corrected chi connectivity index (χ1v) is 7.43. The van der Waals surface area contributed by atoms with Crippen molar-refractivity contribution >= 4 is 21.8 Å². The summed E-state index contributed by atoms with van der Waals surface area (Å²) in [6.07, 6.45) is 5.93. The summed E-state index contributed by atoms with van der Waals surface area (Å²) in [6.45, 7) is 0.699. The monoisotopic (exact) mass is 332 g/mol. The number of hydrogen-bond donors (Lipinski definition) is 1. The lowest BCUT2D eigenvalue weighted by atomic mass is 10.1. The van der Waals surface area contributed by atoms with Gasteiger partial charge in [-0.2, -0.15) is 0 Å². The lowest BCUT2D eigenvalue weighted by molar-refractivity contribution is -0.120. The maximum atomic E-state index is 11.8. The third kappa shape index (κ3) is 5.13. The molecule has 0 fully saturated rings. The zero-order valence-corrected chi connectivity index (χ0v) is 12.8. The number of nitrogens with zero attached hydrogens (tertiary/aromatic N) is 1. The number of halogens is 1. The predicted molar refractivity (Wildman–Crippen MR) is 83.4 cm³/mol. The summed E-state index contributed by atoms with van der Waals surface area (Å²) in [5.41, 5.74) is 2.23. The van der Waals surface area contributed by atoms with E-state index in [9.17, 15) is 4.79 Å². The molecule has 0 bridgehead atoms. The molecule has 104 valence electrons. The smallest absolute Gasteiger partial charge is 0.224 e. The highest BCUT2D eigenvalue weighted by Crippen LogP contribution is 2.10. The number of carbonyl (C=O) groups is 1. The van der Waals surface area contributed by atoms with Gasteiger partial charge in [-0.1, -0.05) is 34.1 Å². The van der Waals surface area contributed by atoms with Crippen LogP contribution in [0.25, 0.3) is 0 Å². The van der Waals surface area contributed by atoms with Crippen LogP contribution in [0.5, 0.6) is 0 Å². The summed E-state index contributed by atoms with van der Waals surface area (Å²) in [5, 5.41) is 2.94. The van der Waals surface area contributed by atoms with Crippen LogP contribution in [-0.2, 0) is 17.6 Å². The zero-order valence-electron chi connectivity index (χ0n) is 11.2. The number of amides is 1. The van der Waals surface area contributed by atoms with Gasteiger partial charge in [-0.15, -0.1) is 0 Å². The second-order valence-corrected chi connectivity index (χ2v) is 5.53. The van der Waals surface area contributed by atoms with E-state index < -0.39 is 0 Å². The topological polar surface area (TPSA) is 42.0 Å². The number of aryl methyl sites for hydroxylation is 1. The minimum atomic E-state index is 0.0681. The highest BCUT2D eigenvalue weighted by atomic mass is 79.9. The fraction of sp³-hybridized carbons (Fsp3) is 0.250. The van der Waals surface area contributed by atoms with Gasteiger partial charge in [-0.05, 0) is 42.2 Å². The van der Waals surface area contributed by atoms with Crippen LogP contribution in [-0.4, -0.2) is 17.4 Å². The van der Waals surface area contributed by atoms with E-state index in [1.807, 2.05) is 36.5 Å². The van der Waals surface area contributed by atoms with Crippen molar-refractivity contribution in [2.45, 2.75) is 19.3 Å². The van der Waals surface area contributed by atoms with Crippen molar-refractivity contribution in [3.63, 3.8) is 0 Å². The Morgan fingerprint density at radius 1 is 1.15 bits per heavy atom. The average molecular weight is 333 g/mol. The fourth-order valence-corrected chi connectivity index (χ4v) is 2.18. The van der Waals surface area contributed by atoms with Gasteiger partial charge in [-0.25, -0.2) is 0 Å². The molecule has 2 aromatic rings. The maximum absolute atomic E-state index is 11.8. The molecule has 1 aromatic carbocycles. The summed E-state index contributed by atoms with van der Waals surface area (Å²) in [4.78, 5) is 15.8. The molecule has 3 nitrogen and oxygen atoms in total. The molecule has 0 unspecified atom stereocenters. The van der Waals surface area contributed by atoms with E-state index in [1.165, 1.54) is 5.56 Å². The maximum Gasteiger partial charge on any atom is 0.224 e. The minimum absolute atomic E-state index is 0.0681. The van der Waals surface area contributed by atoms with Crippen LogP contribution in [0, 0.1) is 0 Å². The van der Waals surface area contributed by atoms with Crippen molar-refractivity contribution < 1.29 is 4.79 Å². The van der Waals surface area contributed by atoms with Crippen molar-refractivity contribution in [3.05, 3.63) is 64.4 Å². The Morgan fingerprint density at radius 2 is 1.95 bits per heavy atom. The van der Waals surface area contributed by atoms with Gasteiger partial charge in [0, 0.05) is 23.4 Å². The lowest BCUT2D eigenvalue weighted by Gasteiger charge is -2.05. The molecular weight excluding hydrogens is 316 g/mol. The van der Waals surface area contributed by atoms with E-state index in [1.54, 1.807) is 6.20 Å². The van der Waals surface area contributed by atoms with E-state index in [2.05, 4.69) is 32.3 Å². The number of pyridine rings is 1. The molecule has 0 aliphatic carbocycles. The Labute approximate surface area is 127 Å². The molecule has 1 aromatic heterocycles. The first-order chi connectivity index (χ1) is 9.74. The normalized spacial score (nSPS) is 10.2. The molecule has 0 saturated heterocycles. The van der Waals surface area contributed by atoms with Crippen molar-refractivity contribution in [1.29, 1.82) is 0 Å². The molecule has 20 heavy (non-hydrogen) atoms. The Morgan fingerprint density at radius 3 is 2.65 bits per heavy atom. The molecule has 0 radical (unpaired) electrons. The number of nitrogens with one attached hydrogen (secondary N) is 1. The first kappa shape index (κ1) is 14.7. The van der Waals surface area contributed by atoms with Gasteiger partial charge in [0.15, 0.2) is 0 Å². The van der Waals surface area contributed by atoms with Crippen molar-refractivity contribution in [1.82, 2.24) is 10.3 Å². The molecule has 1 N–H and O–H groups in total. The van der Waals surface area contributed by atoms with Gasteiger partial charge in [0.2, 0.25) is 5.91 Å². The van der Waals surface area contributed by atoms with Gasteiger partial charge < -0.3 is 5.32 Å². The Hall–Kier alpha value is -1.68. The fourth-order valence-electron chi connectivity index (χ4n) is 1.92. The molecule has 0 atom stereocenters. The SMILES string of the molecule is O=C(Cc1ccc(Br)cc1)NCCCc1cccnc1. The molecule has 4 heteroatoms. The van der Waals surface area contributed by atoms with Crippen LogP contribution in [0.1, 0.15) is 17.5 Å². The minimum Gasteiger partial charge on any atom is -0.356 e. The van der Waals surface area contributed by atoms with E-state index >= 15 is 0 Å². The van der Waals surface area contributed by atoms with Gasteiger partial charge in [-0.3, -0.25) is 9.78 Å². The highest BCUT2D eigenvalue weighted by molar-refractivity contribution is 9.10. The van der Waals surface area contributed by atoms with E-state index in [-0.39, 0.29) is 5.91 Å². The van der Waals surface area contributed by atoms with E-state index in [4.69, 9.17) is 0 Å². The summed E-state index contributed by atoms with van der Waals surface area (Å²) >= 11 is 3.38. The van der Waals surface area contributed by atoms with Gasteiger partial charge in [0.25, 0.3) is 0 Å². The quantitative estimate of drug-likeness (QED) is 0.825. The third-order valence-corrected chi connectivity index (χ3v) is 3.49. The molecule has 0 aliphatic rings. The number of rotatable bonds is 6. The zero-order chi connectivity index (χ0) is 14.2. The van der Waals surface area contributed by atoms with Crippen LogP contribution in [0.2, 0.25) is 0 Å². The Balaban J connectivity index is 1.66. The molecule has 1 amide bonds. The molecular formula is C16H17BrN2O. The second-order valence-electron chi connectivity index (χ2n) is 4.62. The molecule has 1 heterocycles. The van der Waals surface area contributed by atoms with Crippen molar-refractivity contribution in [3.8, 4) is 0 Å². The second kappa shape index (κ2) is 7.80. The molecule has 0 aliphatic heterocycles. The predicted octanol–water partition coefficient (Wildman–Crippen LogP) is 3.14. The van der Waals surface area contributed by atoms with Gasteiger partial charge in [0.1, 0.15) is 0 Å². The Kier molecular flexibility index (Phi) is 5.74. The Bertz CT molecular complexity index is 540. The number of benzene rings is 1. The van der Waals surface area contributed by atoms with Crippen LogP contribution in [0.15, 0.2) is 53.3 Å². The first-order valence-electron chi connectivity index (χ1n) is 6.64. The molecule has 0 saturated carbocycles. The number of aromatic nitrogens is 1. The van der Waals surface area contributed by atoms with E-state index in [0.29, 0.717) is 13.0 Å². The van der Waals surface area contributed by atoms with Gasteiger partial charge >= 0.3 is 0 Å². The summed E-state index contributed by atoms with van der Waals surface area (Å²) in [7, 11) is 0. The van der Waals surface area contributed by atoms with E-state index in [0.717, 1.165) is 22.9 Å². The molecule has 0 spiro atoms. The van der Waals surface area contributed by atoms with Crippen molar-refractivity contribution in [2.24, 2.45) is 0 Å². The highest BCUT2D eigenvalue weighted by Gasteiger charge is 2.02. The average Bonchev–Trinajstić information content (AvgIpc) is 2.47.